The second kappa shape index (κ2) is 9.84. The van der Waals surface area contributed by atoms with Gasteiger partial charge in [0.15, 0.2) is 0 Å². The number of anilines is 1. The van der Waals surface area contributed by atoms with Gasteiger partial charge in [-0.1, -0.05) is 26.5 Å². The number of amides is 4. The van der Waals surface area contributed by atoms with E-state index in [9.17, 15) is 19.2 Å². The molecule has 2 fully saturated rings. The van der Waals surface area contributed by atoms with E-state index in [1.54, 1.807) is 24.4 Å². The zero-order chi connectivity index (χ0) is 26.3. The van der Waals surface area contributed by atoms with E-state index in [-0.39, 0.29) is 23.8 Å². The number of rotatable bonds is 6. The smallest absolute Gasteiger partial charge is 0.264 e. The lowest BCUT2D eigenvalue weighted by Crippen LogP contribution is -2.51. The van der Waals surface area contributed by atoms with Crippen LogP contribution in [0.25, 0.3) is 0 Å². The van der Waals surface area contributed by atoms with Crippen molar-refractivity contribution >= 4 is 29.3 Å². The number of allylic oxidation sites excluding steroid dienone is 1. The number of nitrogens with zero attached hydrogens (tertiary/aromatic N) is 4. The first-order valence-corrected chi connectivity index (χ1v) is 12.8. The average molecular weight is 505 g/mol. The van der Waals surface area contributed by atoms with Crippen molar-refractivity contribution in [3.63, 3.8) is 0 Å². The monoisotopic (exact) mass is 504 g/mol. The van der Waals surface area contributed by atoms with Crippen molar-refractivity contribution in [1.82, 2.24) is 24.9 Å². The number of imide groups is 1. The summed E-state index contributed by atoms with van der Waals surface area (Å²) in [6.07, 6.45) is 6.37. The molecular formula is C27H32N6O4. The minimum absolute atomic E-state index is 0.00689. The lowest BCUT2D eigenvalue weighted by Gasteiger charge is -2.33. The van der Waals surface area contributed by atoms with Crippen molar-refractivity contribution in [2.45, 2.75) is 58.2 Å². The van der Waals surface area contributed by atoms with E-state index in [0.29, 0.717) is 41.9 Å². The van der Waals surface area contributed by atoms with Crippen molar-refractivity contribution in [1.29, 1.82) is 0 Å². The highest BCUT2D eigenvalue weighted by atomic mass is 16.2. The van der Waals surface area contributed by atoms with Crippen LogP contribution in [-0.4, -0.2) is 62.3 Å². The molecule has 0 bridgehead atoms. The molecule has 1 atom stereocenters. The Morgan fingerprint density at radius 3 is 2.62 bits per heavy atom. The molecule has 3 aliphatic heterocycles. The van der Waals surface area contributed by atoms with Crippen LogP contribution < -0.4 is 10.6 Å². The van der Waals surface area contributed by atoms with Crippen molar-refractivity contribution < 1.29 is 19.2 Å². The summed E-state index contributed by atoms with van der Waals surface area (Å²) in [7, 11) is 0. The molecule has 37 heavy (non-hydrogen) atoms. The van der Waals surface area contributed by atoms with Crippen molar-refractivity contribution in [2.75, 3.05) is 18.4 Å². The standard InChI is InChI=1S/C27H32N6O4/c1-16(2)25(35)31-11-9-19(10-12-31)32-15-18(14-29-32)13-28-21-6-4-5-20-23(21)27(37)33(26(20)36)22-8-7-17(3)30-24(22)34/h4-6,14-16,19,22,28H,3,7-13H2,1-2H3,(H,30,34). The topological polar surface area (TPSA) is 117 Å². The molecule has 0 radical (unpaired) electrons. The van der Waals surface area contributed by atoms with Gasteiger partial charge in [0.1, 0.15) is 6.04 Å². The predicted octanol–water partition coefficient (Wildman–Crippen LogP) is 2.70. The van der Waals surface area contributed by atoms with E-state index < -0.39 is 17.9 Å². The third-order valence-electron chi connectivity index (χ3n) is 7.36. The maximum absolute atomic E-state index is 13.3. The molecule has 3 aliphatic rings. The van der Waals surface area contributed by atoms with Crippen LogP contribution in [0.15, 0.2) is 42.9 Å². The Balaban J connectivity index is 1.24. The Labute approximate surface area is 215 Å². The number of benzene rings is 1. The summed E-state index contributed by atoms with van der Waals surface area (Å²) in [4.78, 5) is 54.1. The predicted molar refractivity (Wildman–Crippen MR) is 136 cm³/mol. The highest BCUT2D eigenvalue weighted by Crippen LogP contribution is 2.33. The number of likely N-dealkylation sites (tertiary alicyclic amines) is 1. The molecule has 2 saturated heterocycles. The number of nitrogens with one attached hydrogen (secondary N) is 2. The molecule has 0 aliphatic carbocycles. The molecule has 5 rings (SSSR count). The fourth-order valence-electron chi connectivity index (χ4n) is 5.32. The quantitative estimate of drug-likeness (QED) is 0.585. The van der Waals surface area contributed by atoms with Gasteiger partial charge in [-0.3, -0.25) is 28.8 Å². The van der Waals surface area contributed by atoms with Crippen LogP contribution in [0.3, 0.4) is 0 Å². The van der Waals surface area contributed by atoms with Gasteiger partial charge in [0.05, 0.1) is 23.4 Å². The zero-order valence-corrected chi connectivity index (χ0v) is 21.2. The van der Waals surface area contributed by atoms with Gasteiger partial charge < -0.3 is 15.5 Å². The number of aromatic nitrogens is 2. The first-order valence-electron chi connectivity index (χ1n) is 12.8. The van der Waals surface area contributed by atoms with Gasteiger partial charge in [-0.15, -0.1) is 0 Å². The summed E-state index contributed by atoms with van der Waals surface area (Å²) in [6.45, 7) is 9.49. The Morgan fingerprint density at radius 1 is 1.16 bits per heavy atom. The van der Waals surface area contributed by atoms with E-state index in [1.165, 1.54) is 0 Å². The van der Waals surface area contributed by atoms with Crippen molar-refractivity contribution in [3.8, 4) is 0 Å². The van der Waals surface area contributed by atoms with Crippen LogP contribution >= 0.6 is 0 Å². The summed E-state index contributed by atoms with van der Waals surface area (Å²) in [5.41, 5.74) is 2.67. The molecule has 1 aromatic carbocycles. The Hall–Kier alpha value is -3.95. The van der Waals surface area contributed by atoms with Crippen LogP contribution in [0.4, 0.5) is 5.69 Å². The molecule has 10 nitrogen and oxygen atoms in total. The molecule has 0 saturated carbocycles. The van der Waals surface area contributed by atoms with Crippen LogP contribution in [0.2, 0.25) is 0 Å². The number of fused-ring (bicyclic) bond motifs is 1. The van der Waals surface area contributed by atoms with E-state index in [1.807, 2.05) is 29.6 Å². The maximum atomic E-state index is 13.3. The second-order valence-electron chi connectivity index (χ2n) is 10.2. The Morgan fingerprint density at radius 2 is 1.92 bits per heavy atom. The van der Waals surface area contributed by atoms with Gasteiger partial charge in [-0.25, -0.2) is 0 Å². The number of piperidine rings is 2. The van der Waals surface area contributed by atoms with Crippen LogP contribution in [0, 0.1) is 5.92 Å². The second-order valence-corrected chi connectivity index (χ2v) is 10.2. The average Bonchev–Trinajstić information content (AvgIpc) is 3.46. The molecule has 10 heteroatoms. The molecular weight excluding hydrogens is 472 g/mol. The number of hydrogen-bond donors (Lipinski definition) is 2. The van der Waals surface area contributed by atoms with Gasteiger partial charge in [-0.2, -0.15) is 5.10 Å². The molecule has 2 aromatic rings. The molecule has 1 aromatic heterocycles. The van der Waals surface area contributed by atoms with E-state index in [4.69, 9.17) is 0 Å². The maximum Gasteiger partial charge on any atom is 0.264 e. The van der Waals surface area contributed by atoms with Crippen LogP contribution in [0.5, 0.6) is 0 Å². The fraction of sp³-hybridized carbons (Fsp3) is 0.444. The molecule has 4 amide bonds. The van der Waals surface area contributed by atoms with Gasteiger partial charge in [-0.05, 0) is 37.8 Å². The fourth-order valence-corrected chi connectivity index (χ4v) is 5.32. The Kier molecular flexibility index (Phi) is 6.57. The number of carbonyl (C=O) groups is 4. The van der Waals surface area contributed by atoms with Gasteiger partial charge in [0, 0.05) is 48.7 Å². The van der Waals surface area contributed by atoms with Gasteiger partial charge in [0.2, 0.25) is 11.8 Å². The van der Waals surface area contributed by atoms with E-state index in [2.05, 4.69) is 22.3 Å². The van der Waals surface area contributed by atoms with Crippen molar-refractivity contribution in [2.24, 2.45) is 5.92 Å². The zero-order valence-electron chi connectivity index (χ0n) is 21.2. The first-order chi connectivity index (χ1) is 17.7. The summed E-state index contributed by atoms with van der Waals surface area (Å²) in [6, 6.07) is 4.51. The highest BCUT2D eigenvalue weighted by molar-refractivity contribution is 6.25. The normalized spacial score (nSPS) is 20.5. The Bertz CT molecular complexity index is 1270. The number of hydrogen-bond acceptors (Lipinski definition) is 6. The first kappa shape index (κ1) is 24.7. The molecule has 0 spiro atoms. The third-order valence-corrected chi connectivity index (χ3v) is 7.36. The lowest BCUT2D eigenvalue weighted by molar-refractivity contribution is -0.135. The minimum atomic E-state index is -0.841. The van der Waals surface area contributed by atoms with Gasteiger partial charge in [0.25, 0.3) is 11.8 Å². The summed E-state index contributed by atoms with van der Waals surface area (Å²) in [5.74, 6) is -1.10. The highest BCUT2D eigenvalue weighted by Gasteiger charge is 2.45. The molecule has 4 heterocycles. The molecule has 2 N–H and O–H groups in total. The largest absolute Gasteiger partial charge is 0.380 e. The van der Waals surface area contributed by atoms with E-state index in [0.717, 1.165) is 36.4 Å². The SMILES string of the molecule is C=C1CCC(N2C(=O)c3cccc(NCc4cnn(C5CCN(C(=O)C(C)C)CC5)c4)c3C2=O)C(=O)N1. The molecule has 194 valence electrons. The lowest BCUT2D eigenvalue weighted by atomic mass is 10.0. The van der Waals surface area contributed by atoms with E-state index >= 15 is 0 Å². The summed E-state index contributed by atoms with van der Waals surface area (Å²) < 4.78 is 1.95. The van der Waals surface area contributed by atoms with Crippen molar-refractivity contribution in [3.05, 3.63) is 59.6 Å². The third kappa shape index (κ3) is 4.63. The van der Waals surface area contributed by atoms with Gasteiger partial charge >= 0.3 is 0 Å². The number of carbonyl (C=O) groups excluding carboxylic acids is 4. The van der Waals surface area contributed by atoms with Crippen LogP contribution in [0.1, 0.15) is 71.9 Å². The summed E-state index contributed by atoms with van der Waals surface area (Å²) >= 11 is 0. The minimum Gasteiger partial charge on any atom is -0.380 e. The van der Waals surface area contributed by atoms with Crippen LogP contribution in [-0.2, 0) is 16.1 Å². The molecule has 1 unspecified atom stereocenters. The summed E-state index contributed by atoms with van der Waals surface area (Å²) in [5, 5.41) is 10.5.